The minimum absolute atomic E-state index is 0.0277. The monoisotopic (exact) mass is 222 g/mol. The van der Waals surface area contributed by atoms with Crippen molar-refractivity contribution in [3.8, 4) is 0 Å². The second kappa shape index (κ2) is 4.06. The third-order valence-electron chi connectivity index (χ3n) is 1.89. The highest BCUT2D eigenvalue weighted by atomic mass is 19.4. The normalized spacial score (nSPS) is 11.8. The minimum Gasteiger partial charge on any atom is -0.399 e. The van der Waals surface area contributed by atoms with Gasteiger partial charge in [0, 0.05) is 5.69 Å². The number of anilines is 1. The maximum Gasteiger partial charge on any atom is 0.419 e. The van der Waals surface area contributed by atoms with E-state index in [1.165, 1.54) is 0 Å². The number of hydrogen-bond acceptors (Lipinski definition) is 2. The molecule has 1 aromatic rings. The Bertz CT molecular complexity index is 360. The van der Waals surface area contributed by atoms with Gasteiger partial charge in [0.25, 0.3) is 0 Å². The molecular weight excluding hydrogens is 212 g/mol. The van der Waals surface area contributed by atoms with Crippen LogP contribution in [0.15, 0.2) is 12.1 Å². The Kier molecular flexibility index (Phi) is 3.18. The molecule has 1 rings (SSSR count). The van der Waals surface area contributed by atoms with Gasteiger partial charge in [-0.25, -0.2) is 4.39 Å². The Hall–Kier alpha value is -1.30. The predicted molar refractivity (Wildman–Crippen MR) is 48.6 cm³/mol. The summed E-state index contributed by atoms with van der Waals surface area (Å²) >= 11 is 0. The van der Waals surface area contributed by atoms with Crippen LogP contribution in [0.5, 0.6) is 0 Å². The predicted octanol–water partition coefficient (Wildman–Crippen LogP) is 1.93. The summed E-state index contributed by atoms with van der Waals surface area (Å²) in [6, 6.07) is 1.74. The molecule has 0 aliphatic carbocycles. The summed E-state index contributed by atoms with van der Waals surface area (Å²) in [6.07, 6.45) is -4.71. The van der Waals surface area contributed by atoms with Gasteiger partial charge in [0.1, 0.15) is 5.82 Å². The van der Waals surface area contributed by atoms with E-state index < -0.39 is 17.6 Å². The van der Waals surface area contributed by atoms with Crippen LogP contribution in [0.2, 0.25) is 0 Å². The first-order valence-electron chi connectivity index (χ1n) is 4.21. The van der Waals surface area contributed by atoms with Crippen LogP contribution in [0.25, 0.3) is 0 Å². The van der Waals surface area contributed by atoms with Crippen molar-refractivity contribution in [1.82, 2.24) is 0 Å². The van der Waals surface area contributed by atoms with Crippen LogP contribution < -0.4 is 11.5 Å². The number of alkyl halides is 3. The molecule has 4 N–H and O–H groups in total. The molecule has 0 atom stereocenters. The Balaban J connectivity index is 3.28. The molecule has 1 aromatic carbocycles. The molecule has 6 heteroatoms. The molecule has 0 radical (unpaired) electrons. The number of nitrogens with two attached hydrogens (primary N) is 2. The van der Waals surface area contributed by atoms with Crippen LogP contribution in [0.1, 0.15) is 11.1 Å². The zero-order valence-corrected chi connectivity index (χ0v) is 7.74. The molecule has 15 heavy (non-hydrogen) atoms. The smallest absolute Gasteiger partial charge is 0.399 e. The Morgan fingerprint density at radius 1 is 1.20 bits per heavy atom. The van der Waals surface area contributed by atoms with Crippen molar-refractivity contribution < 1.29 is 17.6 Å². The Morgan fingerprint density at radius 2 is 1.80 bits per heavy atom. The topological polar surface area (TPSA) is 52.0 Å². The van der Waals surface area contributed by atoms with Crippen LogP contribution in [0.4, 0.5) is 23.2 Å². The van der Waals surface area contributed by atoms with Gasteiger partial charge in [-0.1, -0.05) is 0 Å². The molecule has 0 spiro atoms. The fourth-order valence-electron chi connectivity index (χ4n) is 1.25. The number of benzene rings is 1. The molecule has 0 saturated heterocycles. The van der Waals surface area contributed by atoms with Crippen molar-refractivity contribution in [2.24, 2.45) is 5.73 Å². The van der Waals surface area contributed by atoms with Crippen LogP contribution in [0.3, 0.4) is 0 Å². The first-order valence-corrected chi connectivity index (χ1v) is 4.21. The van der Waals surface area contributed by atoms with Gasteiger partial charge < -0.3 is 11.5 Å². The van der Waals surface area contributed by atoms with E-state index in [1.54, 1.807) is 0 Å². The van der Waals surface area contributed by atoms with Crippen molar-refractivity contribution in [3.63, 3.8) is 0 Å². The molecule has 0 amide bonds. The van der Waals surface area contributed by atoms with E-state index in [2.05, 4.69) is 0 Å². The first kappa shape index (κ1) is 11.8. The quantitative estimate of drug-likeness (QED) is 0.593. The molecule has 0 aliphatic heterocycles. The fraction of sp³-hybridized carbons (Fsp3) is 0.333. The van der Waals surface area contributed by atoms with E-state index in [1.807, 2.05) is 0 Å². The SMILES string of the molecule is NCCc1cc(N)cc(C(F)(F)F)c1F. The number of rotatable bonds is 2. The first-order chi connectivity index (χ1) is 6.86. The summed E-state index contributed by atoms with van der Waals surface area (Å²) in [4.78, 5) is 0. The maximum absolute atomic E-state index is 13.3. The lowest BCUT2D eigenvalue weighted by molar-refractivity contribution is -0.140. The van der Waals surface area contributed by atoms with Gasteiger partial charge in [-0.3, -0.25) is 0 Å². The summed E-state index contributed by atoms with van der Waals surface area (Å²) < 4.78 is 50.3. The Morgan fingerprint density at radius 3 is 2.27 bits per heavy atom. The molecule has 0 fully saturated rings. The maximum atomic E-state index is 13.3. The third-order valence-corrected chi connectivity index (χ3v) is 1.89. The largest absolute Gasteiger partial charge is 0.419 e. The average molecular weight is 222 g/mol. The van der Waals surface area contributed by atoms with Gasteiger partial charge in [-0.05, 0) is 30.7 Å². The highest BCUT2D eigenvalue weighted by Gasteiger charge is 2.35. The minimum atomic E-state index is -4.73. The van der Waals surface area contributed by atoms with Crippen molar-refractivity contribution in [3.05, 3.63) is 29.1 Å². The molecule has 2 nitrogen and oxygen atoms in total. The van der Waals surface area contributed by atoms with Crippen molar-refractivity contribution in [1.29, 1.82) is 0 Å². The molecule has 0 aromatic heterocycles. The van der Waals surface area contributed by atoms with Gasteiger partial charge in [-0.15, -0.1) is 0 Å². The molecule has 0 unspecified atom stereocenters. The second-order valence-electron chi connectivity index (χ2n) is 3.08. The lowest BCUT2D eigenvalue weighted by atomic mass is 10.1. The van der Waals surface area contributed by atoms with E-state index in [0.29, 0.717) is 6.07 Å². The van der Waals surface area contributed by atoms with Crippen LogP contribution in [0, 0.1) is 5.82 Å². The fourth-order valence-corrected chi connectivity index (χ4v) is 1.25. The van der Waals surface area contributed by atoms with Crippen LogP contribution in [-0.4, -0.2) is 6.54 Å². The average Bonchev–Trinajstić information content (AvgIpc) is 2.09. The number of nitrogen functional groups attached to an aromatic ring is 1. The third kappa shape index (κ3) is 2.59. The highest BCUT2D eigenvalue weighted by molar-refractivity contribution is 5.46. The summed E-state index contributed by atoms with van der Waals surface area (Å²) in [5, 5.41) is 0. The van der Waals surface area contributed by atoms with Crippen LogP contribution in [-0.2, 0) is 12.6 Å². The van der Waals surface area contributed by atoms with Gasteiger partial charge in [0.2, 0.25) is 0 Å². The van der Waals surface area contributed by atoms with Gasteiger partial charge in [0.15, 0.2) is 0 Å². The molecule has 0 heterocycles. The van der Waals surface area contributed by atoms with Crippen molar-refractivity contribution >= 4 is 5.69 Å². The van der Waals surface area contributed by atoms with E-state index in [0.717, 1.165) is 6.07 Å². The summed E-state index contributed by atoms with van der Waals surface area (Å²) in [5.41, 5.74) is 8.83. The lowest BCUT2D eigenvalue weighted by Crippen LogP contribution is -2.13. The van der Waals surface area contributed by atoms with Gasteiger partial charge in [0.05, 0.1) is 5.56 Å². The van der Waals surface area contributed by atoms with Gasteiger partial charge >= 0.3 is 6.18 Å². The molecular formula is C9H10F4N2. The van der Waals surface area contributed by atoms with Crippen molar-refractivity contribution in [2.45, 2.75) is 12.6 Å². The number of hydrogen-bond donors (Lipinski definition) is 2. The number of halogens is 4. The molecule has 0 saturated carbocycles. The van der Waals surface area contributed by atoms with Gasteiger partial charge in [-0.2, -0.15) is 13.2 Å². The van der Waals surface area contributed by atoms with Crippen molar-refractivity contribution in [2.75, 3.05) is 12.3 Å². The summed E-state index contributed by atoms with van der Waals surface area (Å²) in [7, 11) is 0. The highest BCUT2D eigenvalue weighted by Crippen LogP contribution is 2.34. The zero-order chi connectivity index (χ0) is 11.6. The zero-order valence-electron chi connectivity index (χ0n) is 7.74. The molecule has 84 valence electrons. The Labute approximate surface area is 83.9 Å². The van der Waals surface area contributed by atoms with E-state index in [4.69, 9.17) is 11.5 Å². The van der Waals surface area contributed by atoms with Crippen LogP contribution >= 0.6 is 0 Å². The lowest BCUT2D eigenvalue weighted by Gasteiger charge is -2.12. The standard InChI is InChI=1S/C9H10F4N2/c10-8-5(1-2-14)3-6(15)4-7(8)9(11,12)13/h3-4H,1-2,14-15H2. The molecule has 0 bridgehead atoms. The summed E-state index contributed by atoms with van der Waals surface area (Å²) in [6.45, 7) is 0.0671. The van der Waals surface area contributed by atoms with E-state index in [-0.39, 0.29) is 24.2 Å². The summed E-state index contributed by atoms with van der Waals surface area (Å²) in [5.74, 6) is -1.29. The molecule has 0 aliphatic rings. The van der Waals surface area contributed by atoms with E-state index >= 15 is 0 Å². The van der Waals surface area contributed by atoms with E-state index in [9.17, 15) is 17.6 Å². The second-order valence-corrected chi connectivity index (χ2v) is 3.08.